The standard InChI is InChI=1S/C16H22N4O4S/c1-5-6-7-20-15(23)18-19-16(20)25-8-11(21)13-9(2)12(10(3)17-13)14(22)24-4/h17H,5-8H2,1-4H3,(H,18,23). The third-order valence-electron chi connectivity index (χ3n) is 3.90. The van der Waals surface area contributed by atoms with Gasteiger partial charge in [-0.3, -0.25) is 9.36 Å². The molecule has 2 aromatic rings. The quantitative estimate of drug-likeness (QED) is 0.420. The molecule has 0 saturated heterocycles. The summed E-state index contributed by atoms with van der Waals surface area (Å²) in [4.78, 5) is 39.0. The smallest absolute Gasteiger partial charge is 0.343 e. The van der Waals surface area contributed by atoms with Crippen LogP contribution in [-0.2, 0) is 11.3 Å². The molecule has 0 aliphatic rings. The van der Waals surface area contributed by atoms with Crippen molar-refractivity contribution in [3.8, 4) is 0 Å². The van der Waals surface area contributed by atoms with Crippen LogP contribution in [0.25, 0.3) is 0 Å². The van der Waals surface area contributed by atoms with Crippen molar-refractivity contribution >= 4 is 23.5 Å². The number of ketones is 1. The number of methoxy groups -OCH3 is 1. The number of nitrogens with one attached hydrogen (secondary N) is 2. The number of aryl methyl sites for hydroxylation is 1. The minimum Gasteiger partial charge on any atom is -0.465 e. The van der Waals surface area contributed by atoms with E-state index in [1.165, 1.54) is 23.4 Å². The van der Waals surface area contributed by atoms with Gasteiger partial charge < -0.3 is 9.72 Å². The Kier molecular flexibility index (Phi) is 6.24. The highest BCUT2D eigenvalue weighted by atomic mass is 32.2. The van der Waals surface area contributed by atoms with Gasteiger partial charge in [-0.2, -0.15) is 0 Å². The van der Waals surface area contributed by atoms with Crippen LogP contribution in [0.5, 0.6) is 0 Å². The Balaban J connectivity index is 2.14. The lowest BCUT2D eigenvalue weighted by Gasteiger charge is -2.04. The second-order valence-corrected chi connectivity index (χ2v) is 6.59. The fraction of sp³-hybridized carbons (Fsp3) is 0.500. The highest BCUT2D eigenvalue weighted by Crippen LogP contribution is 2.22. The zero-order valence-electron chi connectivity index (χ0n) is 14.8. The maximum absolute atomic E-state index is 12.5. The molecule has 0 unspecified atom stereocenters. The minimum absolute atomic E-state index is 0.109. The Morgan fingerprint density at radius 2 is 2.04 bits per heavy atom. The summed E-state index contributed by atoms with van der Waals surface area (Å²) in [6.07, 6.45) is 1.82. The normalized spacial score (nSPS) is 10.9. The topological polar surface area (TPSA) is 110 Å². The van der Waals surface area contributed by atoms with Crippen LogP contribution >= 0.6 is 11.8 Å². The number of Topliss-reactive ketones (excluding diaryl/α,β-unsaturated/α-hetero) is 1. The number of hydrogen-bond donors (Lipinski definition) is 2. The molecule has 0 fully saturated rings. The van der Waals surface area contributed by atoms with Crippen molar-refractivity contribution in [3.05, 3.63) is 33.0 Å². The van der Waals surface area contributed by atoms with E-state index in [1.54, 1.807) is 13.8 Å². The average molecular weight is 366 g/mol. The van der Waals surface area contributed by atoms with Gasteiger partial charge >= 0.3 is 11.7 Å². The average Bonchev–Trinajstić information content (AvgIpc) is 3.09. The van der Waals surface area contributed by atoms with Gasteiger partial charge in [0.05, 0.1) is 24.1 Å². The second kappa shape index (κ2) is 8.19. The molecule has 0 saturated carbocycles. The van der Waals surface area contributed by atoms with E-state index in [4.69, 9.17) is 4.74 Å². The van der Waals surface area contributed by atoms with E-state index in [1.807, 2.05) is 6.92 Å². The Bertz CT molecular complexity index is 834. The monoisotopic (exact) mass is 366 g/mol. The number of hydrogen-bond acceptors (Lipinski definition) is 6. The summed E-state index contributed by atoms with van der Waals surface area (Å²) < 4.78 is 6.28. The van der Waals surface area contributed by atoms with Crippen molar-refractivity contribution in [3.63, 3.8) is 0 Å². The molecule has 9 heteroatoms. The molecule has 2 aromatic heterocycles. The first kappa shape index (κ1) is 19.0. The van der Waals surface area contributed by atoms with Crippen LogP contribution in [0.3, 0.4) is 0 Å². The number of esters is 1. The SMILES string of the molecule is CCCCn1c(SCC(=O)c2[nH]c(C)c(C(=O)OC)c2C)n[nH]c1=O. The lowest BCUT2D eigenvalue weighted by molar-refractivity contribution is 0.0599. The van der Waals surface area contributed by atoms with Crippen LogP contribution in [0.1, 0.15) is 51.9 Å². The number of H-pyrrole nitrogens is 2. The van der Waals surface area contributed by atoms with E-state index < -0.39 is 5.97 Å². The summed E-state index contributed by atoms with van der Waals surface area (Å²) in [5.74, 6) is -0.533. The summed E-state index contributed by atoms with van der Waals surface area (Å²) in [5.41, 5.74) is 1.65. The van der Waals surface area contributed by atoms with Gasteiger partial charge in [-0.25, -0.2) is 14.7 Å². The molecule has 136 valence electrons. The predicted octanol–water partition coefficient (Wildman–Crippen LogP) is 2.08. The zero-order chi connectivity index (χ0) is 18.6. The summed E-state index contributed by atoms with van der Waals surface area (Å²) in [5, 5.41) is 6.87. The molecule has 0 amide bonds. The lowest BCUT2D eigenvalue weighted by atomic mass is 10.1. The van der Waals surface area contributed by atoms with Crippen molar-refractivity contribution in [2.24, 2.45) is 0 Å². The van der Waals surface area contributed by atoms with E-state index in [-0.39, 0.29) is 17.2 Å². The molecule has 2 rings (SSSR count). The van der Waals surface area contributed by atoms with E-state index in [2.05, 4.69) is 15.2 Å². The molecule has 0 bridgehead atoms. The molecule has 0 aliphatic carbocycles. The maximum Gasteiger partial charge on any atom is 0.343 e. The van der Waals surface area contributed by atoms with Crippen LogP contribution in [0, 0.1) is 13.8 Å². The summed E-state index contributed by atoms with van der Waals surface area (Å²) >= 11 is 1.19. The molecule has 2 N–H and O–H groups in total. The molecule has 25 heavy (non-hydrogen) atoms. The fourth-order valence-corrected chi connectivity index (χ4v) is 3.41. The first-order valence-corrected chi connectivity index (χ1v) is 8.97. The Labute approximate surface area is 149 Å². The van der Waals surface area contributed by atoms with Crippen molar-refractivity contribution < 1.29 is 14.3 Å². The van der Waals surface area contributed by atoms with Gasteiger partial charge in [-0.15, -0.1) is 5.10 Å². The van der Waals surface area contributed by atoms with E-state index in [0.29, 0.717) is 34.2 Å². The van der Waals surface area contributed by atoms with Crippen LogP contribution in [0.2, 0.25) is 0 Å². The van der Waals surface area contributed by atoms with Gasteiger partial charge in [0, 0.05) is 12.2 Å². The van der Waals surface area contributed by atoms with Crippen LogP contribution < -0.4 is 5.69 Å². The van der Waals surface area contributed by atoms with Crippen LogP contribution in [0.4, 0.5) is 0 Å². The van der Waals surface area contributed by atoms with E-state index in [0.717, 1.165) is 12.8 Å². The number of unbranched alkanes of at least 4 members (excludes halogenated alkanes) is 1. The Morgan fingerprint density at radius 3 is 2.68 bits per heavy atom. The number of thioether (sulfide) groups is 1. The van der Waals surface area contributed by atoms with E-state index >= 15 is 0 Å². The number of carbonyl (C=O) groups is 2. The van der Waals surface area contributed by atoms with Crippen molar-refractivity contribution in [1.82, 2.24) is 19.7 Å². The second-order valence-electron chi connectivity index (χ2n) is 5.64. The molecule has 0 radical (unpaired) electrons. The molecular weight excluding hydrogens is 344 g/mol. The maximum atomic E-state index is 12.5. The first-order chi connectivity index (χ1) is 11.9. The van der Waals surface area contributed by atoms with Crippen molar-refractivity contribution in [2.45, 2.75) is 45.3 Å². The lowest BCUT2D eigenvalue weighted by Crippen LogP contribution is -2.18. The molecule has 0 spiro atoms. The number of aromatic nitrogens is 4. The van der Waals surface area contributed by atoms with Gasteiger partial charge in [0.25, 0.3) is 0 Å². The van der Waals surface area contributed by atoms with Gasteiger partial charge in [0.15, 0.2) is 10.9 Å². The largest absolute Gasteiger partial charge is 0.465 e. The third-order valence-corrected chi connectivity index (χ3v) is 4.87. The van der Waals surface area contributed by atoms with Crippen molar-refractivity contribution in [2.75, 3.05) is 12.9 Å². The van der Waals surface area contributed by atoms with Gasteiger partial charge in [0.2, 0.25) is 0 Å². The summed E-state index contributed by atoms with van der Waals surface area (Å²) in [6.45, 7) is 6.03. The van der Waals surface area contributed by atoms with Crippen molar-refractivity contribution in [1.29, 1.82) is 0 Å². The Hall–Kier alpha value is -2.29. The molecule has 0 atom stereocenters. The number of ether oxygens (including phenoxy) is 1. The molecule has 8 nitrogen and oxygen atoms in total. The van der Waals surface area contributed by atoms with Crippen LogP contribution in [0.15, 0.2) is 9.95 Å². The van der Waals surface area contributed by atoms with Gasteiger partial charge in [0.1, 0.15) is 0 Å². The summed E-state index contributed by atoms with van der Waals surface area (Å²) in [7, 11) is 1.30. The number of rotatable bonds is 8. The Morgan fingerprint density at radius 1 is 1.32 bits per heavy atom. The fourth-order valence-electron chi connectivity index (χ4n) is 2.57. The number of carbonyl (C=O) groups excluding carboxylic acids is 2. The first-order valence-electron chi connectivity index (χ1n) is 7.99. The molecular formula is C16H22N4O4S. The number of aromatic amines is 2. The highest BCUT2D eigenvalue weighted by Gasteiger charge is 2.23. The summed E-state index contributed by atoms with van der Waals surface area (Å²) in [6, 6.07) is 0. The van der Waals surface area contributed by atoms with Gasteiger partial charge in [-0.1, -0.05) is 25.1 Å². The highest BCUT2D eigenvalue weighted by molar-refractivity contribution is 7.99. The zero-order valence-corrected chi connectivity index (χ0v) is 15.6. The van der Waals surface area contributed by atoms with E-state index in [9.17, 15) is 14.4 Å². The molecule has 0 aromatic carbocycles. The molecule has 0 aliphatic heterocycles. The third kappa shape index (κ3) is 4.04. The van der Waals surface area contributed by atoms with Gasteiger partial charge in [-0.05, 0) is 25.8 Å². The van der Waals surface area contributed by atoms with Crippen LogP contribution in [-0.4, -0.2) is 44.4 Å². The predicted molar refractivity (Wildman–Crippen MR) is 94.4 cm³/mol. The molecule has 2 heterocycles. The number of nitrogens with zero attached hydrogens (tertiary/aromatic N) is 2. The minimum atomic E-state index is -0.473.